The zero-order valence-electron chi connectivity index (χ0n) is 12.3. The van der Waals surface area contributed by atoms with Crippen molar-refractivity contribution in [1.82, 2.24) is 5.32 Å². The number of ether oxygens (including phenoxy) is 2. The Morgan fingerprint density at radius 1 is 1.52 bits per heavy atom. The average molecular weight is 359 g/mol. The molecule has 1 fully saturated rings. The third-order valence-electron chi connectivity index (χ3n) is 3.53. The minimum absolute atomic E-state index is 0.0614. The maximum atomic E-state index is 9.29. The highest BCUT2D eigenvalue weighted by Crippen LogP contribution is 2.27. The van der Waals surface area contributed by atoms with Gasteiger partial charge < -0.3 is 24.8 Å². The van der Waals surface area contributed by atoms with E-state index >= 15 is 0 Å². The maximum absolute atomic E-state index is 9.29. The molecule has 1 atom stereocenters. The van der Waals surface area contributed by atoms with Crippen LogP contribution in [0.15, 0.2) is 22.7 Å². The van der Waals surface area contributed by atoms with Gasteiger partial charge in [0.2, 0.25) is 0 Å². The molecular formula is C15H23BrN2O3. The third-order valence-corrected chi connectivity index (χ3v) is 4.02. The van der Waals surface area contributed by atoms with Crippen molar-refractivity contribution in [3.05, 3.63) is 28.2 Å². The number of benzene rings is 1. The second kappa shape index (κ2) is 8.70. The van der Waals surface area contributed by atoms with E-state index in [1.54, 1.807) is 7.11 Å². The Morgan fingerprint density at radius 3 is 3.14 bits per heavy atom. The van der Waals surface area contributed by atoms with E-state index in [9.17, 15) is 5.11 Å². The van der Waals surface area contributed by atoms with Crippen LogP contribution in [0.25, 0.3) is 0 Å². The summed E-state index contributed by atoms with van der Waals surface area (Å²) >= 11 is 3.54. The van der Waals surface area contributed by atoms with Crippen LogP contribution in [0.3, 0.4) is 0 Å². The van der Waals surface area contributed by atoms with Crippen molar-refractivity contribution in [2.45, 2.75) is 12.6 Å². The molecule has 1 aromatic carbocycles. The lowest BCUT2D eigenvalue weighted by Crippen LogP contribution is -2.44. The quantitative estimate of drug-likeness (QED) is 0.721. The monoisotopic (exact) mass is 358 g/mol. The molecular weight excluding hydrogens is 336 g/mol. The first-order valence-electron chi connectivity index (χ1n) is 7.20. The Kier molecular flexibility index (Phi) is 6.92. The predicted octanol–water partition coefficient (Wildman–Crippen LogP) is 1.38. The SMILES string of the molecule is COCCNCc1ccc(Br)cc1N1CCOC(CO)C1. The Bertz CT molecular complexity index is 445. The van der Waals surface area contributed by atoms with Gasteiger partial charge in [0.15, 0.2) is 0 Å². The van der Waals surface area contributed by atoms with Gasteiger partial charge in [-0.1, -0.05) is 22.0 Å². The third kappa shape index (κ3) is 4.93. The molecule has 0 aliphatic carbocycles. The molecule has 1 saturated heterocycles. The van der Waals surface area contributed by atoms with E-state index in [1.165, 1.54) is 11.3 Å². The summed E-state index contributed by atoms with van der Waals surface area (Å²) in [5, 5.41) is 12.7. The first-order chi connectivity index (χ1) is 10.2. The highest BCUT2D eigenvalue weighted by molar-refractivity contribution is 9.10. The molecule has 0 radical (unpaired) electrons. The molecule has 5 nitrogen and oxygen atoms in total. The molecule has 1 unspecified atom stereocenters. The number of rotatable bonds is 7. The summed E-state index contributed by atoms with van der Waals surface area (Å²) in [7, 11) is 1.70. The largest absolute Gasteiger partial charge is 0.394 e. The lowest BCUT2D eigenvalue weighted by Gasteiger charge is -2.35. The predicted molar refractivity (Wildman–Crippen MR) is 86.8 cm³/mol. The number of aliphatic hydroxyl groups is 1. The molecule has 6 heteroatoms. The van der Waals surface area contributed by atoms with Crippen molar-refractivity contribution in [3.63, 3.8) is 0 Å². The lowest BCUT2D eigenvalue weighted by molar-refractivity contribution is 0.00352. The van der Waals surface area contributed by atoms with Gasteiger partial charge in [0.05, 0.1) is 25.9 Å². The molecule has 0 aromatic heterocycles. The molecule has 2 N–H and O–H groups in total. The molecule has 1 heterocycles. The van der Waals surface area contributed by atoms with Crippen molar-refractivity contribution in [3.8, 4) is 0 Å². The van der Waals surface area contributed by atoms with E-state index in [1.807, 2.05) is 0 Å². The molecule has 0 saturated carbocycles. The summed E-state index contributed by atoms with van der Waals surface area (Å²) < 4.78 is 11.6. The zero-order valence-corrected chi connectivity index (χ0v) is 13.9. The van der Waals surface area contributed by atoms with E-state index in [4.69, 9.17) is 9.47 Å². The summed E-state index contributed by atoms with van der Waals surface area (Å²) in [6, 6.07) is 6.32. The second-order valence-electron chi connectivity index (χ2n) is 5.06. The maximum Gasteiger partial charge on any atom is 0.0980 e. The van der Waals surface area contributed by atoms with Gasteiger partial charge in [0, 0.05) is 43.4 Å². The van der Waals surface area contributed by atoms with Gasteiger partial charge in [-0.25, -0.2) is 0 Å². The minimum Gasteiger partial charge on any atom is -0.394 e. The highest BCUT2D eigenvalue weighted by atomic mass is 79.9. The number of hydrogen-bond donors (Lipinski definition) is 2. The van der Waals surface area contributed by atoms with Gasteiger partial charge >= 0.3 is 0 Å². The molecule has 118 valence electrons. The molecule has 1 aliphatic rings. The molecule has 0 amide bonds. The zero-order chi connectivity index (χ0) is 15.1. The van der Waals surface area contributed by atoms with Crippen molar-refractivity contribution < 1.29 is 14.6 Å². The van der Waals surface area contributed by atoms with Gasteiger partial charge in [0.1, 0.15) is 0 Å². The second-order valence-corrected chi connectivity index (χ2v) is 5.98. The fourth-order valence-corrected chi connectivity index (χ4v) is 2.78. The van der Waals surface area contributed by atoms with Crippen LogP contribution >= 0.6 is 15.9 Å². The van der Waals surface area contributed by atoms with Crippen LogP contribution in [0.2, 0.25) is 0 Å². The summed E-state index contributed by atoms with van der Waals surface area (Å²) in [5.41, 5.74) is 2.43. The van der Waals surface area contributed by atoms with Crippen molar-refractivity contribution >= 4 is 21.6 Å². The van der Waals surface area contributed by atoms with E-state index in [0.29, 0.717) is 13.2 Å². The van der Waals surface area contributed by atoms with E-state index in [-0.39, 0.29) is 12.7 Å². The summed E-state index contributed by atoms with van der Waals surface area (Å²) in [6.45, 7) is 4.60. The van der Waals surface area contributed by atoms with Crippen LogP contribution in [-0.4, -0.2) is 57.8 Å². The number of morpholine rings is 1. The fourth-order valence-electron chi connectivity index (χ4n) is 2.43. The van der Waals surface area contributed by atoms with Crippen LogP contribution in [-0.2, 0) is 16.0 Å². The van der Waals surface area contributed by atoms with Crippen molar-refractivity contribution in [2.75, 3.05) is 51.5 Å². The van der Waals surface area contributed by atoms with Crippen LogP contribution < -0.4 is 10.2 Å². The number of halogens is 1. The number of nitrogens with zero attached hydrogens (tertiary/aromatic N) is 1. The molecule has 0 spiro atoms. The van der Waals surface area contributed by atoms with Crippen molar-refractivity contribution in [2.24, 2.45) is 0 Å². The Labute approximate surface area is 134 Å². The standard InChI is InChI=1S/C15H23BrN2O3/c1-20-6-4-17-9-12-2-3-13(16)8-15(12)18-5-7-21-14(10-18)11-19/h2-3,8,14,17,19H,4-7,9-11H2,1H3. The van der Waals surface area contributed by atoms with Crippen LogP contribution in [0.5, 0.6) is 0 Å². The van der Waals surface area contributed by atoms with Gasteiger partial charge in [0.25, 0.3) is 0 Å². The normalized spacial score (nSPS) is 19.0. The topological polar surface area (TPSA) is 54.0 Å². The molecule has 21 heavy (non-hydrogen) atoms. The molecule has 1 aromatic rings. The van der Waals surface area contributed by atoms with Crippen LogP contribution in [0.4, 0.5) is 5.69 Å². The first kappa shape index (κ1) is 16.7. The van der Waals surface area contributed by atoms with Crippen molar-refractivity contribution in [1.29, 1.82) is 0 Å². The Hall–Kier alpha value is -0.660. The van der Waals surface area contributed by atoms with Gasteiger partial charge in [-0.3, -0.25) is 0 Å². The number of nitrogens with one attached hydrogen (secondary N) is 1. The number of methoxy groups -OCH3 is 1. The summed E-state index contributed by atoms with van der Waals surface area (Å²) in [6.07, 6.45) is -0.105. The molecule has 0 bridgehead atoms. The average Bonchev–Trinajstić information content (AvgIpc) is 2.52. The summed E-state index contributed by atoms with van der Waals surface area (Å²) in [5.74, 6) is 0. The molecule has 2 rings (SSSR count). The Balaban J connectivity index is 2.07. The van der Waals surface area contributed by atoms with Gasteiger partial charge in [-0.05, 0) is 17.7 Å². The lowest BCUT2D eigenvalue weighted by atomic mass is 10.1. The smallest absolute Gasteiger partial charge is 0.0980 e. The first-order valence-corrected chi connectivity index (χ1v) is 7.99. The van der Waals surface area contributed by atoms with Gasteiger partial charge in [-0.2, -0.15) is 0 Å². The van der Waals surface area contributed by atoms with E-state index in [0.717, 1.165) is 30.7 Å². The molecule has 1 aliphatic heterocycles. The minimum atomic E-state index is -0.105. The summed E-state index contributed by atoms with van der Waals surface area (Å²) in [4.78, 5) is 2.28. The number of aliphatic hydroxyl groups excluding tert-OH is 1. The number of hydrogen-bond acceptors (Lipinski definition) is 5. The van der Waals surface area contributed by atoms with Crippen LogP contribution in [0, 0.1) is 0 Å². The Morgan fingerprint density at radius 2 is 2.38 bits per heavy atom. The number of anilines is 1. The highest BCUT2D eigenvalue weighted by Gasteiger charge is 2.21. The fraction of sp³-hybridized carbons (Fsp3) is 0.600. The van der Waals surface area contributed by atoms with E-state index < -0.39 is 0 Å². The van der Waals surface area contributed by atoms with Crippen LogP contribution in [0.1, 0.15) is 5.56 Å². The van der Waals surface area contributed by atoms with E-state index in [2.05, 4.69) is 44.3 Å². The van der Waals surface area contributed by atoms with Gasteiger partial charge in [-0.15, -0.1) is 0 Å².